The van der Waals surface area contributed by atoms with Gasteiger partial charge in [-0.05, 0) is 50.9 Å². The Kier molecular flexibility index (Phi) is 20.2. The highest BCUT2D eigenvalue weighted by Crippen LogP contribution is 2.24. The SMILES string of the molecule is CCCCCCCCCCCCN(CCCCCCCCCCCC)C1CCN(c2cccc(Cl)n2)CC1. The normalized spacial score (nSPS) is 14.6. The summed E-state index contributed by atoms with van der Waals surface area (Å²) < 4.78 is 0. The summed E-state index contributed by atoms with van der Waals surface area (Å²) in [6.45, 7) is 9.41. The molecule has 2 rings (SSSR count). The molecule has 0 aliphatic carbocycles. The van der Waals surface area contributed by atoms with Crippen molar-refractivity contribution in [3.05, 3.63) is 23.4 Å². The van der Waals surface area contributed by atoms with Gasteiger partial charge in [0.05, 0.1) is 0 Å². The summed E-state index contributed by atoms with van der Waals surface area (Å²) in [5.74, 6) is 1.05. The minimum Gasteiger partial charge on any atom is -0.356 e. The monoisotopic (exact) mass is 547 g/mol. The van der Waals surface area contributed by atoms with Crippen LogP contribution in [-0.2, 0) is 0 Å². The molecule has 0 atom stereocenters. The highest BCUT2D eigenvalue weighted by Gasteiger charge is 2.24. The van der Waals surface area contributed by atoms with Crippen LogP contribution in [-0.4, -0.2) is 42.1 Å². The first-order valence-electron chi connectivity index (χ1n) is 16.9. The zero-order valence-corrected chi connectivity index (χ0v) is 26.2. The second-order valence-corrected chi connectivity index (χ2v) is 12.3. The molecule has 0 amide bonds. The highest BCUT2D eigenvalue weighted by molar-refractivity contribution is 6.29. The number of piperidine rings is 1. The Balaban J connectivity index is 1.66. The van der Waals surface area contributed by atoms with Crippen molar-refractivity contribution < 1.29 is 0 Å². The molecule has 0 bridgehead atoms. The van der Waals surface area contributed by atoms with Crippen LogP contribution in [0.2, 0.25) is 5.15 Å². The summed E-state index contributed by atoms with van der Waals surface area (Å²) in [7, 11) is 0. The Labute approximate surface area is 242 Å². The van der Waals surface area contributed by atoms with E-state index in [1.54, 1.807) is 0 Å². The summed E-state index contributed by atoms with van der Waals surface area (Å²) >= 11 is 6.16. The van der Waals surface area contributed by atoms with Gasteiger partial charge in [0.25, 0.3) is 0 Å². The molecule has 38 heavy (non-hydrogen) atoms. The third kappa shape index (κ3) is 15.7. The molecule has 1 aliphatic heterocycles. The Morgan fingerprint density at radius 1 is 0.658 bits per heavy atom. The lowest BCUT2D eigenvalue weighted by Gasteiger charge is -2.39. The molecule has 0 radical (unpaired) electrons. The van der Waals surface area contributed by atoms with Crippen LogP contribution in [0.15, 0.2) is 18.2 Å². The van der Waals surface area contributed by atoms with E-state index >= 15 is 0 Å². The standard InChI is InChI=1S/C34H62ClN3/c1-3-5-7-9-11-13-15-17-19-21-28-37(29-22-20-18-16-14-12-10-8-6-4-2)32-26-30-38(31-27-32)34-25-23-24-33(35)36-34/h23-25,32H,3-22,26-31H2,1-2H3. The van der Waals surface area contributed by atoms with Gasteiger partial charge in [-0.2, -0.15) is 0 Å². The van der Waals surface area contributed by atoms with Crippen LogP contribution in [0.5, 0.6) is 0 Å². The number of unbranched alkanes of at least 4 members (excludes halogenated alkanes) is 18. The van der Waals surface area contributed by atoms with E-state index in [2.05, 4.69) is 34.7 Å². The topological polar surface area (TPSA) is 19.4 Å². The van der Waals surface area contributed by atoms with Crippen molar-refractivity contribution in [2.75, 3.05) is 31.1 Å². The van der Waals surface area contributed by atoms with Gasteiger partial charge in [0.1, 0.15) is 11.0 Å². The molecule has 2 heterocycles. The lowest BCUT2D eigenvalue weighted by atomic mass is 10.0. The van der Waals surface area contributed by atoms with Crippen LogP contribution in [0.4, 0.5) is 5.82 Å². The second kappa shape index (κ2) is 23.0. The highest BCUT2D eigenvalue weighted by atomic mass is 35.5. The smallest absolute Gasteiger partial charge is 0.131 e. The molecule has 0 aromatic carbocycles. The summed E-state index contributed by atoms with van der Waals surface area (Å²) in [5.41, 5.74) is 0. The molecular weight excluding hydrogens is 486 g/mol. The first kappa shape index (κ1) is 33.4. The quantitative estimate of drug-likeness (QED) is 0.0947. The predicted molar refractivity (Wildman–Crippen MR) is 170 cm³/mol. The molecule has 0 spiro atoms. The number of pyridine rings is 1. The molecule has 1 aliphatic rings. The van der Waals surface area contributed by atoms with Crippen molar-refractivity contribution in [1.82, 2.24) is 9.88 Å². The van der Waals surface area contributed by atoms with Crippen molar-refractivity contribution in [3.8, 4) is 0 Å². The first-order valence-corrected chi connectivity index (χ1v) is 17.2. The summed E-state index contributed by atoms with van der Waals surface area (Å²) in [6, 6.07) is 6.75. The Hall–Kier alpha value is -0.800. The second-order valence-electron chi connectivity index (χ2n) is 11.9. The molecule has 1 saturated heterocycles. The van der Waals surface area contributed by atoms with E-state index in [1.807, 2.05) is 12.1 Å². The number of nitrogens with zero attached hydrogens (tertiary/aromatic N) is 3. The van der Waals surface area contributed by atoms with Gasteiger partial charge in [0.2, 0.25) is 0 Å². The molecule has 0 saturated carbocycles. The van der Waals surface area contributed by atoms with Gasteiger partial charge >= 0.3 is 0 Å². The zero-order valence-electron chi connectivity index (χ0n) is 25.4. The van der Waals surface area contributed by atoms with Crippen molar-refractivity contribution in [1.29, 1.82) is 0 Å². The van der Waals surface area contributed by atoms with E-state index in [-0.39, 0.29) is 0 Å². The summed E-state index contributed by atoms with van der Waals surface area (Å²) in [5, 5.41) is 0.605. The lowest BCUT2D eigenvalue weighted by Crippen LogP contribution is -2.46. The average Bonchev–Trinajstić information content (AvgIpc) is 2.94. The molecule has 0 N–H and O–H groups in total. The van der Waals surface area contributed by atoms with Crippen LogP contribution >= 0.6 is 11.6 Å². The molecule has 1 aromatic heterocycles. The fourth-order valence-corrected chi connectivity index (χ4v) is 6.27. The van der Waals surface area contributed by atoms with E-state index in [0.717, 1.165) is 24.9 Å². The number of rotatable bonds is 24. The zero-order chi connectivity index (χ0) is 27.1. The molecule has 4 heteroatoms. The van der Waals surface area contributed by atoms with Crippen LogP contribution in [0.25, 0.3) is 0 Å². The van der Waals surface area contributed by atoms with E-state index < -0.39 is 0 Å². The Morgan fingerprint density at radius 2 is 1.08 bits per heavy atom. The van der Waals surface area contributed by atoms with E-state index in [9.17, 15) is 0 Å². The van der Waals surface area contributed by atoms with E-state index in [0.29, 0.717) is 5.15 Å². The minimum atomic E-state index is 0.605. The molecule has 3 nitrogen and oxygen atoms in total. The molecule has 220 valence electrons. The number of hydrogen-bond acceptors (Lipinski definition) is 3. The van der Waals surface area contributed by atoms with Gasteiger partial charge in [-0.15, -0.1) is 0 Å². The average molecular weight is 548 g/mol. The van der Waals surface area contributed by atoms with E-state index in [1.165, 1.54) is 154 Å². The Morgan fingerprint density at radius 3 is 1.50 bits per heavy atom. The van der Waals surface area contributed by atoms with Crippen LogP contribution < -0.4 is 4.90 Å². The summed E-state index contributed by atoms with van der Waals surface area (Å²) in [6.07, 6.45) is 30.9. The lowest BCUT2D eigenvalue weighted by molar-refractivity contribution is 0.161. The number of halogens is 1. The fourth-order valence-electron chi connectivity index (χ4n) is 6.12. The van der Waals surface area contributed by atoms with E-state index in [4.69, 9.17) is 11.6 Å². The van der Waals surface area contributed by atoms with Crippen molar-refractivity contribution in [3.63, 3.8) is 0 Å². The molecule has 1 aromatic rings. The number of hydrogen-bond donors (Lipinski definition) is 0. The molecular formula is C34H62ClN3. The van der Waals surface area contributed by atoms with Gasteiger partial charge in [0.15, 0.2) is 0 Å². The maximum Gasteiger partial charge on any atom is 0.131 e. The third-order valence-corrected chi connectivity index (χ3v) is 8.81. The predicted octanol–water partition coefficient (Wildman–Crippen LogP) is 10.8. The van der Waals surface area contributed by atoms with Crippen LogP contribution in [0.3, 0.4) is 0 Å². The first-order chi connectivity index (χ1) is 18.7. The van der Waals surface area contributed by atoms with Crippen molar-refractivity contribution in [2.45, 2.75) is 161 Å². The maximum atomic E-state index is 6.16. The van der Waals surface area contributed by atoms with Gasteiger partial charge in [-0.25, -0.2) is 4.98 Å². The Bertz CT molecular complexity index is 635. The maximum absolute atomic E-state index is 6.16. The van der Waals surface area contributed by atoms with Gasteiger partial charge < -0.3 is 9.80 Å². The molecule has 1 fully saturated rings. The number of aromatic nitrogens is 1. The fraction of sp³-hybridized carbons (Fsp3) is 0.853. The van der Waals surface area contributed by atoms with Gasteiger partial charge in [-0.3, -0.25) is 0 Å². The van der Waals surface area contributed by atoms with Gasteiger partial charge in [-0.1, -0.05) is 147 Å². The van der Waals surface area contributed by atoms with Crippen LogP contribution in [0, 0.1) is 0 Å². The van der Waals surface area contributed by atoms with Gasteiger partial charge in [0, 0.05) is 19.1 Å². The largest absolute Gasteiger partial charge is 0.356 e. The van der Waals surface area contributed by atoms with Crippen LogP contribution in [0.1, 0.15) is 155 Å². The molecule has 0 unspecified atom stereocenters. The summed E-state index contributed by atoms with van der Waals surface area (Å²) in [4.78, 5) is 9.86. The minimum absolute atomic E-state index is 0.605. The van der Waals surface area contributed by atoms with Crippen molar-refractivity contribution >= 4 is 17.4 Å². The van der Waals surface area contributed by atoms with Crippen molar-refractivity contribution in [2.24, 2.45) is 0 Å². The number of anilines is 1. The third-order valence-electron chi connectivity index (χ3n) is 8.60.